The standard InChI is InChI=1S/C10H11N3O2/c1-13(15-2)10(14)7-3-4-8-6-11-12-9(8)5-7/h3-6H,1-2H3,(H,11,12). The van der Waals surface area contributed by atoms with Crippen molar-refractivity contribution in [3.8, 4) is 0 Å². The van der Waals surface area contributed by atoms with Crippen LogP contribution < -0.4 is 0 Å². The van der Waals surface area contributed by atoms with Gasteiger partial charge in [0.1, 0.15) is 0 Å². The van der Waals surface area contributed by atoms with E-state index in [9.17, 15) is 4.79 Å². The molecule has 0 radical (unpaired) electrons. The quantitative estimate of drug-likeness (QED) is 0.749. The molecule has 0 atom stereocenters. The zero-order valence-corrected chi connectivity index (χ0v) is 8.52. The number of carbonyl (C=O) groups is 1. The maximum absolute atomic E-state index is 11.7. The fraction of sp³-hybridized carbons (Fsp3) is 0.200. The van der Waals surface area contributed by atoms with E-state index < -0.39 is 0 Å². The lowest BCUT2D eigenvalue weighted by molar-refractivity contribution is -0.0756. The van der Waals surface area contributed by atoms with Crippen molar-refractivity contribution < 1.29 is 9.63 Å². The molecule has 2 aromatic rings. The lowest BCUT2D eigenvalue weighted by Crippen LogP contribution is -2.25. The molecule has 1 aromatic heterocycles. The summed E-state index contributed by atoms with van der Waals surface area (Å²) in [5, 5.41) is 8.85. The number of benzene rings is 1. The average molecular weight is 205 g/mol. The van der Waals surface area contributed by atoms with E-state index in [4.69, 9.17) is 4.84 Å². The van der Waals surface area contributed by atoms with Crippen LogP contribution in [0.15, 0.2) is 24.4 Å². The van der Waals surface area contributed by atoms with Gasteiger partial charge in [-0.1, -0.05) is 6.07 Å². The zero-order valence-electron chi connectivity index (χ0n) is 8.52. The summed E-state index contributed by atoms with van der Waals surface area (Å²) in [4.78, 5) is 16.5. The van der Waals surface area contributed by atoms with Crippen LogP contribution in [0.25, 0.3) is 10.9 Å². The number of aromatic amines is 1. The Labute approximate surface area is 86.6 Å². The molecule has 0 fully saturated rings. The van der Waals surface area contributed by atoms with Crippen LogP contribution in [-0.2, 0) is 4.84 Å². The Hall–Kier alpha value is -1.88. The molecule has 0 aliphatic carbocycles. The van der Waals surface area contributed by atoms with Gasteiger partial charge in [-0.25, -0.2) is 5.06 Å². The third kappa shape index (κ3) is 1.69. The minimum atomic E-state index is -0.186. The number of hydrogen-bond donors (Lipinski definition) is 1. The lowest BCUT2D eigenvalue weighted by Gasteiger charge is -2.13. The number of fused-ring (bicyclic) bond motifs is 1. The van der Waals surface area contributed by atoms with Gasteiger partial charge < -0.3 is 0 Å². The van der Waals surface area contributed by atoms with Crippen molar-refractivity contribution in [3.63, 3.8) is 0 Å². The van der Waals surface area contributed by atoms with E-state index in [1.807, 2.05) is 6.07 Å². The molecule has 15 heavy (non-hydrogen) atoms. The van der Waals surface area contributed by atoms with Gasteiger partial charge in [-0.2, -0.15) is 5.10 Å². The number of hydrogen-bond acceptors (Lipinski definition) is 3. The van der Waals surface area contributed by atoms with Crippen LogP contribution >= 0.6 is 0 Å². The first-order valence-electron chi connectivity index (χ1n) is 4.47. The van der Waals surface area contributed by atoms with E-state index in [0.29, 0.717) is 5.56 Å². The van der Waals surface area contributed by atoms with Gasteiger partial charge in [0.05, 0.1) is 18.8 Å². The zero-order chi connectivity index (χ0) is 10.8. The van der Waals surface area contributed by atoms with Crippen molar-refractivity contribution >= 4 is 16.8 Å². The number of hydroxylamine groups is 2. The fourth-order valence-electron chi connectivity index (χ4n) is 1.33. The SMILES string of the molecule is CON(C)C(=O)c1ccc2cn[nH]c2c1. The normalized spacial score (nSPS) is 10.5. The molecular formula is C10H11N3O2. The highest BCUT2D eigenvalue weighted by atomic mass is 16.7. The summed E-state index contributed by atoms with van der Waals surface area (Å²) >= 11 is 0. The molecule has 1 N–H and O–H groups in total. The second-order valence-electron chi connectivity index (χ2n) is 3.16. The Balaban J connectivity index is 2.39. The van der Waals surface area contributed by atoms with Crippen molar-refractivity contribution in [1.29, 1.82) is 0 Å². The molecule has 0 unspecified atom stereocenters. The number of nitrogens with zero attached hydrogens (tertiary/aromatic N) is 2. The van der Waals surface area contributed by atoms with Crippen LogP contribution in [0.4, 0.5) is 0 Å². The van der Waals surface area contributed by atoms with Crippen LogP contribution in [0.1, 0.15) is 10.4 Å². The number of amides is 1. The Kier molecular flexibility index (Phi) is 2.39. The Bertz CT molecular complexity index is 492. The third-order valence-corrected chi connectivity index (χ3v) is 2.25. The van der Waals surface area contributed by atoms with Crippen molar-refractivity contribution in [1.82, 2.24) is 15.3 Å². The Morgan fingerprint density at radius 3 is 3.07 bits per heavy atom. The van der Waals surface area contributed by atoms with E-state index >= 15 is 0 Å². The summed E-state index contributed by atoms with van der Waals surface area (Å²) in [6.45, 7) is 0. The molecule has 0 aliphatic rings. The van der Waals surface area contributed by atoms with Crippen molar-refractivity contribution in [2.45, 2.75) is 0 Å². The molecule has 5 heteroatoms. The van der Waals surface area contributed by atoms with Crippen LogP contribution in [0.3, 0.4) is 0 Å². The van der Waals surface area contributed by atoms with Gasteiger partial charge in [0.25, 0.3) is 5.91 Å². The predicted molar refractivity (Wildman–Crippen MR) is 55.2 cm³/mol. The lowest BCUT2D eigenvalue weighted by atomic mass is 10.1. The van der Waals surface area contributed by atoms with E-state index in [1.54, 1.807) is 25.4 Å². The summed E-state index contributed by atoms with van der Waals surface area (Å²) in [6, 6.07) is 5.34. The first-order chi connectivity index (χ1) is 7.22. The molecule has 0 saturated carbocycles. The number of nitrogens with one attached hydrogen (secondary N) is 1. The fourth-order valence-corrected chi connectivity index (χ4v) is 1.33. The highest BCUT2D eigenvalue weighted by Gasteiger charge is 2.11. The third-order valence-electron chi connectivity index (χ3n) is 2.25. The molecule has 1 aromatic carbocycles. The second kappa shape index (κ2) is 3.70. The molecule has 78 valence electrons. The molecule has 2 rings (SSSR count). The van der Waals surface area contributed by atoms with Crippen molar-refractivity contribution in [2.24, 2.45) is 0 Å². The number of H-pyrrole nitrogens is 1. The molecule has 0 spiro atoms. The second-order valence-corrected chi connectivity index (χ2v) is 3.16. The predicted octanol–water partition coefficient (Wildman–Crippen LogP) is 1.20. The maximum atomic E-state index is 11.7. The Morgan fingerprint density at radius 2 is 2.33 bits per heavy atom. The van der Waals surface area contributed by atoms with Gasteiger partial charge >= 0.3 is 0 Å². The first kappa shape index (κ1) is 9.67. The van der Waals surface area contributed by atoms with Gasteiger partial charge in [0.2, 0.25) is 0 Å². The van der Waals surface area contributed by atoms with Gasteiger partial charge in [-0.3, -0.25) is 14.7 Å². The van der Waals surface area contributed by atoms with Crippen molar-refractivity contribution in [3.05, 3.63) is 30.0 Å². The van der Waals surface area contributed by atoms with Crippen molar-refractivity contribution in [2.75, 3.05) is 14.2 Å². The van der Waals surface area contributed by atoms with Crippen LogP contribution in [0.5, 0.6) is 0 Å². The van der Waals surface area contributed by atoms with E-state index in [-0.39, 0.29) is 5.91 Å². The monoisotopic (exact) mass is 205 g/mol. The smallest absolute Gasteiger partial charge is 0.277 e. The average Bonchev–Trinajstić information content (AvgIpc) is 2.73. The highest BCUT2D eigenvalue weighted by molar-refractivity contribution is 5.97. The van der Waals surface area contributed by atoms with Crippen LogP contribution in [0, 0.1) is 0 Å². The first-order valence-corrected chi connectivity index (χ1v) is 4.47. The van der Waals surface area contributed by atoms with Gasteiger partial charge in [-0.05, 0) is 12.1 Å². The minimum absolute atomic E-state index is 0.186. The molecule has 1 amide bonds. The number of rotatable bonds is 2. The number of carbonyl (C=O) groups excluding carboxylic acids is 1. The maximum Gasteiger partial charge on any atom is 0.277 e. The molecule has 5 nitrogen and oxygen atoms in total. The summed E-state index contributed by atoms with van der Waals surface area (Å²) in [5.41, 5.74) is 1.40. The van der Waals surface area contributed by atoms with Crippen LogP contribution in [-0.4, -0.2) is 35.3 Å². The summed E-state index contributed by atoms with van der Waals surface area (Å²) in [6.07, 6.45) is 1.71. The van der Waals surface area contributed by atoms with E-state index in [2.05, 4.69) is 10.2 Å². The summed E-state index contributed by atoms with van der Waals surface area (Å²) < 4.78 is 0. The van der Waals surface area contributed by atoms with E-state index in [0.717, 1.165) is 10.9 Å². The molecule has 0 bridgehead atoms. The molecule has 0 aliphatic heterocycles. The molecule has 1 heterocycles. The number of aromatic nitrogens is 2. The van der Waals surface area contributed by atoms with Gasteiger partial charge in [0, 0.05) is 18.0 Å². The minimum Gasteiger partial charge on any atom is -0.278 e. The van der Waals surface area contributed by atoms with E-state index in [1.165, 1.54) is 12.2 Å². The van der Waals surface area contributed by atoms with Gasteiger partial charge in [-0.15, -0.1) is 0 Å². The molecular weight excluding hydrogens is 194 g/mol. The van der Waals surface area contributed by atoms with Gasteiger partial charge in [0.15, 0.2) is 0 Å². The Morgan fingerprint density at radius 1 is 1.53 bits per heavy atom. The molecule has 0 saturated heterocycles. The highest BCUT2D eigenvalue weighted by Crippen LogP contribution is 2.13. The largest absolute Gasteiger partial charge is 0.278 e. The summed E-state index contributed by atoms with van der Waals surface area (Å²) in [7, 11) is 3.02. The van der Waals surface area contributed by atoms with Crippen LogP contribution in [0.2, 0.25) is 0 Å². The topological polar surface area (TPSA) is 58.2 Å². The summed E-state index contributed by atoms with van der Waals surface area (Å²) in [5.74, 6) is -0.186.